The number of fused-ring (bicyclic) bond motifs is 1. The molecule has 1 saturated carbocycles. The molecule has 1 unspecified atom stereocenters. The molecule has 28 heavy (non-hydrogen) atoms. The quantitative estimate of drug-likeness (QED) is 0.726. The molecule has 5 rings (SSSR count). The first-order valence-electron chi connectivity index (χ1n) is 9.17. The van der Waals surface area contributed by atoms with Crippen LogP contribution >= 0.6 is 0 Å². The Morgan fingerprint density at radius 1 is 1.29 bits per heavy atom. The summed E-state index contributed by atoms with van der Waals surface area (Å²) in [6.45, 7) is 0.799. The Morgan fingerprint density at radius 2 is 2.11 bits per heavy atom. The molecule has 1 spiro atoms. The van der Waals surface area contributed by atoms with E-state index in [-0.39, 0.29) is 16.4 Å². The van der Waals surface area contributed by atoms with Gasteiger partial charge in [-0.25, -0.2) is 22.8 Å². The molecule has 1 N–H and O–H groups in total. The molecule has 0 amide bonds. The van der Waals surface area contributed by atoms with Crippen molar-refractivity contribution < 1.29 is 12.8 Å². The SMILES string of the molecule is CN(c1ncnc2[nH]ccc12)C1CN(S(=O)(=O)c2cccc(F)c2)CC12CC2. The van der Waals surface area contributed by atoms with E-state index in [0.717, 1.165) is 35.8 Å². The van der Waals surface area contributed by atoms with E-state index in [2.05, 4.69) is 19.9 Å². The van der Waals surface area contributed by atoms with Gasteiger partial charge in [0.05, 0.1) is 16.3 Å². The third-order valence-electron chi connectivity index (χ3n) is 6.04. The summed E-state index contributed by atoms with van der Waals surface area (Å²) in [5.41, 5.74) is 0.673. The van der Waals surface area contributed by atoms with Crippen molar-refractivity contribution in [2.24, 2.45) is 5.41 Å². The molecule has 146 valence electrons. The topological polar surface area (TPSA) is 82.2 Å². The minimum atomic E-state index is -3.74. The maximum absolute atomic E-state index is 13.6. The molecule has 1 aliphatic carbocycles. The lowest BCUT2D eigenvalue weighted by Gasteiger charge is -2.30. The van der Waals surface area contributed by atoms with Gasteiger partial charge >= 0.3 is 0 Å². The van der Waals surface area contributed by atoms with Gasteiger partial charge in [-0.1, -0.05) is 6.07 Å². The molecule has 2 aromatic heterocycles. The zero-order valence-electron chi connectivity index (χ0n) is 15.3. The van der Waals surface area contributed by atoms with Crippen LogP contribution in [-0.4, -0.2) is 53.9 Å². The van der Waals surface area contributed by atoms with E-state index >= 15 is 0 Å². The molecule has 7 nitrogen and oxygen atoms in total. The molecule has 2 aliphatic rings. The number of nitrogens with one attached hydrogen (secondary N) is 1. The summed E-state index contributed by atoms with van der Waals surface area (Å²) in [5, 5.41) is 0.909. The Morgan fingerprint density at radius 3 is 2.86 bits per heavy atom. The van der Waals surface area contributed by atoms with Crippen LogP contribution in [-0.2, 0) is 10.0 Å². The number of halogens is 1. The van der Waals surface area contributed by atoms with Gasteiger partial charge in [-0.05, 0) is 37.1 Å². The molecule has 1 aromatic carbocycles. The van der Waals surface area contributed by atoms with Crippen LogP contribution in [0.25, 0.3) is 11.0 Å². The van der Waals surface area contributed by atoms with Gasteiger partial charge < -0.3 is 9.88 Å². The summed E-state index contributed by atoms with van der Waals surface area (Å²) in [5.74, 6) is 0.235. The van der Waals surface area contributed by atoms with Crippen LogP contribution in [0.5, 0.6) is 0 Å². The summed E-state index contributed by atoms with van der Waals surface area (Å²) >= 11 is 0. The molecule has 2 fully saturated rings. The van der Waals surface area contributed by atoms with Crippen molar-refractivity contribution in [2.75, 3.05) is 25.0 Å². The summed E-state index contributed by atoms with van der Waals surface area (Å²) < 4.78 is 41.3. The maximum Gasteiger partial charge on any atom is 0.243 e. The van der Waals surface area contributed by atoms with Crippen LogP contribution in [0.1, 0.15) is 12.8 Å². The van der Waals surface area contributed by atoms with E-state index in [9.17, 15) is 12.8 Å². The largest absolute Gasteiger partial charge is 0.354 e. The van der Waals surface area contributed by atoms with E-state index in [1.807, 2.05) is 19.3 Å². The lowest BCUT2D eigenvalue weighted by atomic mass is 9.99. The Balaban J connectivity index is 1.48. The lowest BCUT2D eigenvalue weighted by Crippen LogP contribution is -2.40. The lowest BCUT2D eigenvalue weighted by molar-refractivity contribution is 0.445. The van der Waals surface area contributed by atoms with Gasteiger partial charge in [0.1, 0.15) is 23.6 Å². The van der Waals surface area contributed by atoms with Crippen molar-refractivity contribution in [2.45, 2.75) is 23.8 Å². The molecule has 0 radical (unpaired) electrons. The van der Waals surface area contributed by atoms with E-state index < -0.39 is 15.8 Å². The Kier molecular flexibility index (Phi) is 3.76. The van der Waals surface area contributed by atoms with E-state index in [1.165, 1.54) is 28.8 Å². The number of hydrogen-bond acceptors (Lipinski definition) is 5. The third-order valence-corrected chi connectivity index (χ3v) is 7.84. The number of rotatable bonds is 4. The van der Waals surface area contributed by atoms with Crippen LogP contribution in [0, 0.1) is 11.2 Å². The van der Waals surface area contributed by atoms with Crippen LogP contribution < -0.4 is 4.90 Å². The normalized spacial score (nSPS) is 21.4. The molecule has 1 saturated heterocycles. The average Bonchev–Trinajstić information content (AvgIpc) is 3.12. The molecule has 9 heteroatoms. The van der Waals surface area contributed by atoms with Crippen LogP contribution in [0.15, 0.2) is 47.8 Å². The number of nitrogens with zero attached hydrogens (tertiary/aromatic N) is 4. The fourth-order valence-electron chi connectivity index (χ4n) is 4.34. The van der Waals surface area contributed by atoms with Crippen LogP contribution in [0.4, 0.5) is 10.2 Å². The first kappa shape index (κ1) is 17.6. The number of anilines is 1. The molecule has 0 bridgehead atoms. The molecular formula is C19H20FN5O2S. The molecule has 3 aromatic rings. The number of benzene rings is 1. The number of likely N-dealkylation sites (N-methyl/N-ethyl adjacent to an activating group) is 1. The maximum atomic E-state index is 13.6. The predicted molar refractivity (Wildman–Crippen MR) is 103 cm³/mol. The van der Waals surface area contributed by atoms with Gasteiger partial charge in [0.2, 0.25) is 10.0 Å². The summed E-state index contributed by atoms with van der Waals surface area (Å²) in [7, 11) is -1.79. The highest BCUT2D eigenvalue weighted by Gasteiger charge is 2.59. The van der Waals surface area contributed by atoms with Crippen molar-refractivity contribution >= 4 is 26.9 Å². The first-order valence-corrected chi connectivity index (χ1v) is 10.6. The van der Waals surface area contributed by atoms with E-state index in [4.69, 9.17) is 0 Å². The molecule has 1 atom stereocenters. The van der Waals surface area contributed by atoms with E-state index in [0.29, 0.717) is 13.1 Å². The van der Waals surface area contributed by atoms with Crippen LogP contribution in [0.3, 0.4) is 0 Å². The smallest absolute Gasteiger partial charge is 0.243 e. The Hall–Kier alpha value is -2.52. The minimum absolute atomic E-state index is 0.00154. The van der Waals surface area contributed by atoms with Gasteiger partial charge in [0.15, 0.2) is 0 Å². The highest BCUT2D eigenvalue weighted by atomic mass is 32.2. The fraction of sp³-hybridized carbons (Fsp3) is 0.368. The minimum Gasteiger partial charge on any atom is -0.354 e. The first-order chi connectivity index (χ1) is 13.4. The Labute approximate surface area is 162 Å². The second-order valence-corrected chi connectivity index (χ2v) is 9.62. The molecule has 1 aliphatic heterocycles. The van der Waals surface area contributed by atoms with E-state index in [1.54, 1.807) is 0 Å². The monoisotopic (exact) mass is 401 g/mol. The highest BCUT2D eigenvalue weighted by molar-refractivity contribution is 7.89. The van der Waals surface area contributed by atoms with Crippen molar-refractivity contribution in [3.05, 3.63) is 48.7 Å². The van der Waals surface area contributed by atoms with Crippen LogP contribution in [0.2, 0.25) is 0 Å². The number of H-pyrrole nitrogens is 1. The zero-order chi connectivity index (χ0) is 19.5. The van der Waals surface area contributed by atoms with Gasteiger partial charge in [0.25, 0.3) is 0 Å². The fourth-order valence-corrected chi connectivity index (χ4v) is 5.91. The zero-order valence-corrected chi connectivity index (χ0v) is 16.2. The second-order valence-electron chi connectivity index (χ2n) is 7.68. The predicted octanol–water partition coefficient (Wildman–Crippen LogP) is 2.39. The van der Waals surface area contributed by atoms with Crippen molar-refractivity contribution in [3.8, 4) is 0 Å². The highest BCUT2D eigenvalue weighted by Crippen LogP contribution is 2.55. The summed E-state index contributed by atoms with van der Waals surface area (Å²) in [6.07, 6.45) is 5.27. The molecular weight excluding hydrogens is 381 g/mol. The summed E-state index contributed by atoms with van der Waals surface area (Å²) in [6, 6.07) is 7.14. The van der Waals surface area contributed by atoms with Crippen molar-refractivity contribution in [1.82, 2.24) is 19.3 Å². The number of aromatic amines is 1. The van der Waals surface area contributed by atoms with Gasteiger partial charge in [0, 0.05) is 31.7 Å². The van der Waals surface area contributed by atoms with Crippen molar-refractivity contribution in [3.63, 3.8) is 0 Å². The third kappa shape index (κ3) is 2.61. The van der Waals surface area contributed by atoms with Crippen molar-refractivity contribution in [1.29, 1.82) is 0 Å². The summed E-state index contributed by atoms with van der Waals surface area (Å²) in [4.78, 5) is 13.8. The standard InChI is InChI=1S/C19H20FN5O2S/c1-24(18-15-5-8-21-17(15)22-12-23-18)16-10-25(11-19(16)6-7-19)28(26,27)14-4-2-3-13(20)9-14/h2-5,8-9,12,16H,6-7,10-11H2,1H3,(H,21,22,23). The van der Waals surface area contributed by atoms with Gasteiger partial charge in [-0.15, -0.1) is 0 Å². The number of sulfonamides is 1. The average molecular weight is 401 g/mol. The van der Waals surface area contributed by atoms with Gasteiger partial charge in [-0.3, -0.25) is 0 Å². The number of aromatic nitrogens is 3. The second kappa shape index (κ2) is 5.99. The van der Waals surface area contributed by atoms with Gasteiger partial charge in [-0.2, -0.15) is 4.31 Å². The molecule has 3 heterocycles. The Bertz CT molecular complexity index is 1160. The number of hydrogen-bond donors (Lipinski definition) is 1.